The molecule has 0 saturated heterocycles. The minimum absolute atomic E-state index is 0.622. The molecule has 2 aromatic heterocycles. The van der Waals surface area contributed by atoms with Gasteiger partial charge in [-0.05, 0) is 89.2 Å². The molecule has 1 spiro atoms. The van der Waals surface area contributed by atoms with E-state index in [4.69, 9.17) is 19.1 Å². The zero-order valence-corrected chi connectivity index (χ0v) is 31.8. The molecule has 0 saturated carbocycles. The van der Waals surface area contributed by atoms with Gasteiger partial charge in [-0.15, -0.1) is 0 Å². The van der Waals surface area contributed by atoms with Crippen molar-refractivity contribution in [1.29, 1.82) is 5.26 Å². The van der Waals surface area contributed by atoms with Crippen molar-refractivity contribution < 1.29 is 9.15 Å². The molecule has 0 amide bonds. The molecule has 12 rings (SSSR count). The molecule has 9 aromatic rings. The molecule has 5 nitrogen and oxygen atoms in total. The van der Waals surface area contributed by atoms with Gasteiger partial charge in [-0.25, -0.2) is 9.97 Å². The molecule has 3 aliphatic rings. The van der Waals surface area contributed by atoms with Crippen molar-refractivity contribution in [3.63, 3.8) is 0 Å². The summed E-state index contributed by atoms with van der Waals surface area (Å²) < 4.78 is 13.4. The van der Waals surface area contributed by atoms with E-state index < -0.39 is 5.41 Å². The number of rotatable bonds is 4. The Bertz CT molecular complexity index is 3310. The van der Waals surface area contributed by atoms with Crippen LogP contribution < -0.4 is 4.74 Å². The van der Waals surface area contributed by atoms with Gasteiger partial charge in [0.15, 0.2) is 5.82 Å². The predicted molar refractivity (Wildman–Crippen MR) is 234 cm³/mol. The molecule has 7 aromatic carbocycles. The first-order valence-electron chi connectivity index (χ1n) is 20.0. The van der Waals surface area contributed by atoms with Crippen molar-refractivity contribution in [3.05, 3.63) is 209 Å². The van der Waals surface area contributed by atoms with E-state index in [1.165, 1.54) is 22.3 Å². The summed E-state index contributed by atoms with van der Waals surface area (Å²) in [5.41, 5.74) is 15.5. The number of fused-ring (bicyclic) bond motifs is 11. The van der Waals surface area contributed by atoms with Gasteiger partial charge in [-0.1, -0.05) is 127 Å². The van der Waals surface area contributed by atoms with Gasteiger partial charge in [0.25, 0.3) is 0 Å². The van der Waals surface area contributed by atoms with Gasteiger partial charge in [-0.2, -0.15) is 5.26 Å². The lowest BCUT2D eigenvalue weighted by Crippen LogP contribution is -2.33. The van der Waals surface area contributed by atoms with Gasteiger partial charge in [0.05, 0.1) is 28.4 Å². The monoisotopic (exact) mass is 755 g/mol. The number of para-hydroxylation sites is 2. The molecule has 0 bridgehead atoms. The van der Waals surface area contributed by atoms with Crippen LogP contribution in [0.3, 0.4) is 0 Å². The minimum Gasteiger partial charge on any atom is -0.456 e. The highest BCUT2D eigenvalue weighted by Gasteiger charge is 2.52. The Labute approximate surface area is 340 Å². The minimum atomic E-state index is -0.661. The summed E-state index contributed by atoms with van der Waals surface area (Å²) in [4.78, 5) is 10.7. The van der Waals surface area contributed by atoms with Crippen LogP contribution in [0.4, 0.5) is 0 Å². The highest BCUT2D eigenvalue weighted by atomic mass is 16.5. The van der Waals surface area contributed by atoms with Crippen LogP contribution in [0.2, 0.25) is 0 Å². The van der Waals surface area contributed by atoms with E-state index in [-0.39, 0.29) is 0 Å². The van der Waals surface area contributed by atoms with Crippen molar-refractivity contribution in [3.8, 4) is 62.6 Å². The smallest absolute Gasteiger partial charge is 0.160 e. The lowest BCUT2D eigenvalue weighted by atomic mass is 9.64. The van der Waals surface area contributed by atoms with Crippen LogP contribution in [-0.2, 0) is 5.41 Å². The van der Waals surface area contributed by atoms with Gasteiger partial charge < -0.3 is 9.15 Å². The van der Waals surface area contributed by atoms with E-state index in [1.807, 2.05) is 66.7 Å². The summed E-state index contributed by atoms with van der Waals surface area (Å²) in [6.07, 6.45) is 6.62. The van der Waals surface area contributed by atoms with Crippen LogP contribution in [0.5, 0.6) is 11.5 Å². The zero-order chi connectivity index (χ0) is 39.1. The van der Waals surface area contributed by atoms with E-state index in [0.717, 1.165) is 96.6 Å². The Hall–Kier alpha value is -7.81. The Morgan fingerprint density at radius 2 is 1.31 bits per heavy atom. The number of nitriles is 1. The summed E-state index contributed by atoms with van der Waals surface area (Å²) in [5, 5.41) is 11.7. The van der Waals surface area contributed by atoms with E-state index in [2.05, 4.69) is 115 Å². The lowest BCUT2D eigenvalue weighted by Gasteiger charge is -2.41. The average molecular weight is 756 g/mol. The standard InChI is InChI=1S/C54H33N3O2/c55-32-33-24-26-34(27-25-33)37-17-10-21-44-52(37)59-49-29-28-36(30-45(49)54(44)42-19-7-4-14-38(42)39-15-5-8-20-43(39)54)53-56-46(35-12-2-1-3-13-35)31-47(57-53)40-18-11-23-50-51(40)41-16-6-9-22-48(41)58-50/h1-4,6-14,16-31H,5,15H2. The molecule has 5 heteroatoms. The number of benzene rings is 7. The first kappa shape index (κ1) is 33.3. The number of aromatic nitrogens is 2. The molecule has 59 heavy (non-hydrogen) atoms. The second-order valence-corrected chi connectivity index (χ2v) is 15.4. The molecule has 0 fully saturated rings. The van der Waals surface area contributed by atoms with Crippen LogP contribution in [0, 0.1) is 11.3 Å². The fraction of sp³-hybridized carbons (Fsp3) is 0.0556. The first-order chi connectivity index (χ1) is 29.2. The largest absolute Gasteiger partial charge is 0.456 e. The number of ether oxygens (including phenoxy) is 1. The van der Waals surface area contributed by atoms with Crippen molar-refractivity contribution >= 4 is 27.5 Å². The molecule has 0 radical (unpaired) electrons. The van der Waals surface area contributed by atoms with Gasteiger partial charge in [0, 0.05) is 44.2 Å². The highest BCUT2D eigenvalue weighted by molar-refractivity contribution is 6.12. The Morgan fingerprint density at radius 1 is 0.576 bits per heavy atom. The van der Waals surface area contributed by atoms with E-state index in [0.29, 0.717) is 11.4 Å². The Kier molecular flexibility index (Phi) is 7.27. The Balaban J connectivity index is 1.12. The number of furan rings is 1. The lowest BCUT2D eigenvalue weighted by molar-refractivity contribution is 0.437. The molecule has 1 aliphatic heterocycles. The molecular weight excluding hydrogens is 723 g/mol. The number of allylic oxidation sites excluding steroid dienone is 4. The van der Waals surface area contributed by atoms with Crippen LogP contribution in [0.15, 0.2) is 186 Å². The third-order valence-electron chi connectivity index (χ3n) is 12.3. The number of hydrogen-bond donors (Lipinski definition) is 0. The van der Waals surface area contributed by atoms with Gasteiger partial charge in [0.1, 0.15) is 22.7 Å². The topological polar surface area (TPSA) is 71.9 Å². The second kappa shape index (κ2) is 12.9. The molecule has 0 N–H and O–H groups in total. The second-order valence-electron chi connectivity index (χ2n) is 15.4. The predicted octanol–water partition coefficient (Wildman–Crippen LogP) is 13.5. The maximum absolute atomic E-state index is 9.57. The maximum Gasteiger partial charge on any atom is 0.160 e. The van der Waals surface area contributed by atoms with Gasteiger partial charge >= 0.3 is 0 Å². The van der Waals surface area contributed by atoms with Crippen molar-refractivity contribution in [2.75, 3.05) is 0 Å². The molecule has 2 aliphatic carbocycles. The summed E-state index contributed by atoms with van der Waals surface area (Å²) in [5.74, 6) is 2.24. The van der Waals surface area contributed by atoms with Gasteiger partial charge in [-0.3, -0.25) is 0 Å². The summed E-state index contributed by atoms with van der Waals surface area (Å²) in [7, 11) is 0. The maximum atomic E-state index is 9.57. The molecule has 276 valence electrons. The van der Waals surface area contributed by atoms with Crippen LogP contribution in [0.1, 0.15) is 40.7 Å². The normalized spacial score (nSPS) is 16.1. The van der Waals surface area contributed by atoms with Crippen LogP contribution >= 0.6 is 0 Å². The van der Waals surface area contributed by atoms with E-state index >= 15 is 0 Å². The van der Waals surface area contributed by atoms with Crippen molar-refractivity contribution in [1.82, 2.24) is 9.97 Å². The quantitative estimate of drug-likeness (QED) is 0.179. The van der Waals surface area contributed by atoms with Crippen molar-refractivity contribution in [2.24, 2.45) is 0 Å². The first-order valence-corrected chi connectivity index (χ1v) is 20.0. The summed E-state index contributed by atoms with van der Waals surface area (Å²) in [6, 6.07) is 58.6. The number of nitrogens with zero attached hydrogens (tertiary/aromatic N) is 3. The van der Waals surface area contributed by atoms with Crippen molar-refractivity contribution in [2.45, 2.75) is 18.3 Å². The highest BCUT2D eigenvalue weighted by Crippen LogP contribution is 2.64. The van der Waals surface area contributed by atoms with E-state index in [1.54, 1.807) is 0 Å². The molecule has 1 atom stereocenters. The summed E-state index contributed by atoms with van der Waals surface area (Å²) in [6.45, 7) is 0. The molecule has 1 unspecified atom stereocenters. The van der Waals surface area contributed by atoms with Crippen LogP contribution in [0.25, 0.3) is 72.5 Å². The fourth-order valence-electron chi connectivity index (χ4n) is 9.75. The van der Waals surface area contributed by atoms with Gasteiger partial charge in [0.2, 0.25) is 0 Å². The number of hydrogen-bond acceptors (Lipinski definition) is 5. The third kappa shape index (κ3) is 4.90. The molecular formula is C54H33N3O2. The fourth-order valence-corrected chi connectivity index (χ4v) is 9.75. The Morgan fingerprint density at radius 3 is 2.20 bits per heavy atom. The van der Waals surface area contributed by atoms with Crippen LogP contribution in [-0.4, -0.2) is 9.97 Å². The third-order valence-corrected chi connectivity index (χ3v) is 12.3. The molecule has 3 heterocycles. The SMILES string of the molecule is N#Cc1ccc(-c2cccc3c2Oc2ccc(-c4nc(-c5ccccc5)cc(-c5cccc6oc7ccccc7c56)n4)cc2C32C3=C(CCC=C3)c3ccccc32)cc1. The van der Waals surface area contributed by atoms with E-state index in [9.17, 15) is 5.26 Å². The summed E-state index contributed by atoms with van der Waals surface area (Å²) >= 11 is 0. The zero-order valence-electron chi connectivity index (χ0n) is 31.8. The average Bonchev–Trinajstić information content (AvgIpc) is 3.83.